The summed E-state index contributed by atoms with van der Waals surface area (Å²) in [5.41, 5.74) is 3.28. The highest BCUT2D eigenvalue weighted by Crippen LogP contribution is 2.19. The lowest BCUT2D eigenvalue weighted by atomic mass is 10.1. The highest BCUT2D eigenvalue weighted by Gasteiger charge is 2.26. The van der Waals surface area contributed by atoms with E-state index < -0.39 is 0 Å². The third-order valence-corrected chi connectivity index (χ3v) is 4.94. The molecule has 29 heavy (non-hydrogen) atoms. The summed E-state index contributed by atoms with van der Waals surface area (Å²) >= 11 is 0. The molecule has 1 aliphatic rings. The zero-order chi connectivity index (χ0) is 21.0. The molecule has 2 atom stereocenters. The third kappa shape index (κ3) is 5.01. The number of anilines is 1. The number of carbonyl (C=O) groups excluding carboxylic acids is 2. The number of ether oxygens (including phenoxy) is 1. The zero-order valence-corrected chi connectivity index (χ0v) is 16.9. The molecule has 3 rings (SSSR count). The number of rotatable bonds is 5. The minimum absolute atomic E-state index is 0.00688. The van der Waals surface area contributed by atoms with Crippen LogP contribution in [-0.4, -0.2) is 41.9 Å². The first-order valence-corrected chi connectivity index (χ1v) is 9.70. The van der Waals surface area contributed by atoms with Gasteiger partial charge < -0.3 is 15.0 Å². The van der Waals surface area contributed by atoms with Gasteiger partial charge in [0.2, 0.25) is 0 Å². The predicted molar refractivity (Wildman–Crippen MR) is 111 cm³/mol. The molecule has 1 N–H and O–H groups in total. The molecule has 6 heteroatoms. The molecule has 0 radical (unpaired) electrons. The van der Waals surface area contributed by atoms with Gasteiger partial charge >= 0.3 is 0 Å². The minimum atomic E-state index is -0.0489. The van der Waals surface area contributed by atoms with Crippen molar-refractivity contribution in [2.45, 2.75) is 39.5 Å². The molecule has 1 aliphatic heterocycles. The molecule has 1 heterocycles. The Morgan fingerprint density at radius 1 is 1.10 bits per heavy atom. The van der Waals surface area contributed by atoms with Crippen molar-refractivity contribution in [1.29, 1.82) is 5.26 Å². The molecule has 2 aromatic carbocycles. The molecular formula is C23H25N3O3. The Morgan fingerprint density at radius 2 is 1.72 bits per heavy atom. The van der Waals surface area contributed by atoms with Gasteiger partial charge in [0.1, 0.15) is 6.07 Å². The Hall–Kier alpha value is -3.17. The van der Waals surface area contributed by atoms with Gasteiger partial charge in [0.25, 0.3) is 5.91 Å². The summed E-state index contributed by atoms with van der Waals surface area (Å²) in [6, 6.07) is 14.6. The Bertz CT molecular complexity index is 937. The minimum Gasteiger partial charge on any atom is -0.380 e. The molecule has 1 amide bonds. The van der Waals surface area contributed by atoms with E-state index in [2.05, 4.69) is 11.4 Å². The number of benzene rings is 2. The zero-order valence-electron chi connectivity index (χ0n) is 16.9. The Balaban J connectivity index is 1.67. The predicted octanol–water partition coefficient (Wildman–Crippen LogP) is 3.62. The van der Waals surface area contributed by atoms with Crippen LogP contribution in [0.4, 0.5) is 5.69 Å². The van der Waals surface area contributed by atoms with Gasteiger partial charge in [-0.15, -0.1) is 0 Å². The first-order valence-electron chi connectivity index (χ1n) is 9.70. The summed E-state index contributed by atoms with van der Waals surface area (Å²) < 4.78 is 5.69. The van der Waals surface area contributed by atoms with Crippen molar-refractivity contribution >= 4 is 17.4 Å². The largest absolute Gasteiger partial charge is 0.380 e. The van der Waals surface area contributed by atoms with Crippen LogP contribution in [0.25, 0.3) is 0 Å². The van der Waals surface area contributed by atoms with Gasteiger partial charge in [0, 0.05) is 30.8 Å². The van der Waals surface area contributed by atoms with Crippen LogP contribution in [0.5, 0.6) is 0 Å². The number of nitriles is 1. The fourth-order valence-corrected chi connectivity index (χ4v) is 3.50. The second kappa shape index (κ2) is 8.89. The number of hydrogen-bond donors (Lipinski definition) is 1. The van der Waals surface area contributed by atoms with E-state index in [4.69, 9.17) is 4.74 Å². The van der Waals surface area contributed by atoms with E-state index in [1.807, 2.05) is 43.0 Å². The Kier molecular flexibility index (Phi) is 6.30. The summed E-state index contributed by atoms with van der Waals surface area (Å²) in [5.74, 6) is -0.0420. The summed E-state index contributed by atoms with van der Waals surface area (Å²) in [5, 5.41) is 12.5. The fraction of sp³-hybridized carbons (Fsp3) is 0.348. The molecule has 150 valence electrons. The van der Waals surface area contributed by atoms with E-state index in [-0.39, 0.29) is 23.9 Å². The van der Waals surface area contributed by atoms with E-state index in [0.29, 0.717) is 42.0 Å². The van der Waals surface area contributed by atoms with Crippen LogP contribution in [0.2, 0.25) is 0 Å². The van der Waals surface area contributed by atoms with Crippen LogP contribution >= 0.6 is 0 Å². The molecule has 0 aromatic heterocycles. The van der Waals surface area contributed by atoms with Crippen LogP contribution in [0.1, 0.15) is 52.6 Å². The van der Waals surface area contributed by atoms with E-state index >= 15 is 0 Å². The smallest absolute Gasteiger partial charge is 0.254 e. The van der Waals surface area contributed by atoms with E-state index in [0.717, 1.165) is 5.56 Å². The van der Waals surface area contributed by atoms with Gasteiger partial charge in [0.05, 0.1) is 23.5 Å². The van der Waals surface area contributed by atoms with Crippen molar-refractivity contribution in [1.82, 2.24) is 4.90 Å². The van der Waals surface area contributed by atoms with Crippen molar-refractivity contribution in [3.63, 3.8) is 0 Å². The molecule has 0 saturated carbocycles. The van der Waals surface area contributed by atoms with Crippen LogP contribution < -0.4 is 5.32 Å². The molecule has 0 spiro atoms. The summed E-state index contributed by atoms with van der Waals surface area (Å²) in [7, 11) is 0. The Morgan fingerprint density at radius 3 is 2.31 bits per heavy atom. The average molecular weight is 391 g/mol. The van der Waals surface area contributed by atoms with Crippen molar-refractivity contribution in [3.05, 3.63) is 64.7 Å². The highest BCUT2D eigenvalue weighted by atomic mass is 16.5. The van der Waals surface area contributed by atoms with Crippen LogP contribution in [0.15, 0.2) is 42.5 Å². The Labute approximate surface area is 171 Å². The van der Waals surface area contributed by atoms with E-state index in [9.17, 15) is 14.9 Å². The number of nitrogens with zero attached hydrogens (tertiary/aromatic N) is 2. The van der Waals surface area contributed by atoms with Crippen LogP contribution in [-0.2, 0) is 11.3 Å². The molecule has 2 aromatic rings. The summed E-state index contributed by atoms with van der Waals surface area (Å²) in [6.07, 6.45) is 0.0672. The quantitative estimate of drug-likeness (QED) is 0.787. The molecule has 0 aliphatic carbocycles. The maximum atomic E-state index is 12.8. The number of morpholine rings is 1. The first-order chi connectivity index (χ1) is 13.9. The van der Waals surface area contributed by atoms with Crippen LogP contribution in [0.3, 0.4) is 0 Å². The van der Waals surface area contributed by atoms with Gasteiger partial charge in [-0.05, 0) is 56.7 Å². The molecule has 2 unspecified atom stereocenters. The van der Waals surface area contributed by atoms with Crippen molar-refractivity contribution in [2.75, 3.05) is 18.4 Å². The molecule has 6 nitrogen and oxygen atoms in total. The van der Waals surface area contributed by atoms with Gasteiger partial charge in [-0.1, -0.05) is 12.1 Å². The van der Waals surface area contributed by atoms with Crippen LogP contribution in [0, 0.1) is 11.3 Å². The second-order valence-electron chi connectivity index (χ2n) is 7.45. The number of ketones is 1. The number of carbonyl (C=O) groups is 2. The number of nitrogens with one attached hydrogen (secondary N) is 1. The van der Waals surface area contributed by atoms with Crippen molar-refractivity contribution in [2.24, 2.45) is 0 Å². The number of hydrogen-bond acceptors (Lipinski definition) is 5. The van der Waals surface area contributed by atoms with E-state index in [1.165, 1.54) is 6.92 Å². The van der Waals surface area contributed by atoms with Crippen molar-refractivity contribution < 1.29 is 14.3 Å². The van der Waals surface area contributed by atoms with Crippen molar-refractivity contribution in [3.8, 4) is 6.07 Å². The monoisotopic (exact) mass is 391 g/mol. The average Bonchev–Trinajstić information content (AvgIpc) is 2.71. The van der Waals surface area contributed by atoms with Gasteiger partial charge in [-0.2, -0.15) is 5.26 Å². The SMILES string of the molecule is CC(=O)c1ccc(C#N)c(NCc2ccc(C(=O)N3CC(C)OC(C)C3)cc2)c1. The lowest BCUT2D eigenvalue weighted by Gasteiger charge is -2.35. The number of Topliss-reactive ketones (excluding diaryl/α,β-unsaturated/α-hetero) is 1. The maximum absolute atomic E-state index is 12.8. The first kappa shape index (κ1) is 20.6. The summed E-state index contributed by atoms with van der Waals surface area (Å²) in [4.78, 5) is 26.2. The standard InChI is InChI=1S/C23H25N3O3/c1-15-13-26(14-16(2)29-15)23(28)19-6-4-18(5-7-19)12-25-22-10-20(17(3)27)8-9-21(22)11-24/h4-10,15-16,25H,12-14H2,1-3H3. The third-order valence-electron chi connectivity index (χ3n) is 4.94. The van der Waals surface area contributed by atoms with E-state index in [1.54, 1.807) is 18.2 Å². The molecule has 1 fully saturated rings. The maximum Gasteiger partial charge on any atom is 0.254 e. The highest BCUT2D eigenvalue weighted by molar-refractivity contribution is 5.95. The van der Waals surface area contributed by atoms with Gasteiger partial charge in [-0.3, -0.25) is 9.59 Å². The second-order valence-corrected chi connectivity index (χ2v) is 7.45. The van der Waals surface area contributed by atoms with Gasteiger partial charge in [0.15, 0.2) is 5.78 Å². The molecular weight excluding hydrogens is 366 g/mol. The molecule has 0 bridgehead atoms. The normalized spacial score (nSPS) is 18.8. The summed E-state index contributed by atoms with van der Waals surface area (Å²) in [6.45, 7) is 7.11. The topological polar surface area (TPSA) is 82.4 Å². The number of amides is 1. The lowest BCUT2D eigenvalue weighted by Crippen LogP contribution is -2.48. The molecule has 1 saturated heterocycles. The lowest BCUT2D eigenvalue weighted by molar-refractivity contribution is -0.0586. The fourth-order valence-electron chi connectivity index (χ4n) is 3.50. The van der Waals surface area contributed by atoms with Gasteiger partial charge in [-0.25, -0.2) is 0 Å².